The average molecular weight is 824 g/mol. The van der Waals surface area contributed by atoms with Crippen molar-refractivity contribution in [2.24, 2.45) is 22.4 Å². The molecule has 0 aromatic heterocycles. The van der Waals surface area contributed by atoms with Crippen LogP contribution in [0.2, 0.25) is 0 Å². The number of likely N-dealkylation sites (tertiary alicyclic amines) is 1. The van der Waals surface area contributed by atoms with Gasteiger partial charge in [0.25, 0.3) is 0 Å². The summed E-state index contributed by atoms with van der Waals surface area (Å²) in [6.07, 6.45) is 2.08. The van der Waals surface area contributed by atoms with Crippen molar-refractivity contribution in [1.29, 1.82) is 0 Å². The molecule has 1 rings (SSSR count). The van der Waals surface area contributed by atoms with Gasteiger partial charge in [0.2, 0.25) is 47.3 Å². The van der Waals surface area contributed by atoms with Crippen molar-refractivity contribution in [3.8, 4) is 0 Å². The summed E-state index contributed by atoms with van der Waals surface area (Å²) in [5, 5.41) is 29.2. The van der Waals surface area contributed by atoms with Crippen molar-refractivity contribution in [3.05, 3.63) is 0 Å². The zero-order chi connectivity index (χ0) is 43.9. The molecule has 20 nitrogen and oxygen atoms in total. The molecule has 0 aromatic rings. The zero-order valence-electron chi connectivity index (χ0n) is 35.3. The van der Waals surface area contributed by atoms with Crippen LogP contribution in [0.25, 0.3) is 0 Å². The van der Waals surface area contributed by atoms with Crippen molar-refractivity contribution in [3.63, 3.8) is 0 Å². The highest BCUT2D eigenvalue weighted by atomic mass is 16.3. The van der Waals surface area contributed by atoms with E-state index in [2.05, 4.69) is 42.2 Å². The molecule has 0 saturated carbocycles. The first-order valence-corrected chi connectivity index (χ1v) is 20.4. The monoisotopic (exact) mass is 824 g/mol. The van der Waals surface area contributed by atoms with E-state index in [1.165, 1.54) is 25.7 Å². The smallest absolute Gasteiger partial charge is 0.245 e. The fraction of sp³-hybridized carbons (Fsp3) is 0.763. The normalized spacial score (nSPS) is 17.2. The third-order valence-electron chi connectivity index (χ3n) is 9.80. The Hall–Kier alpha value is -5.01. The van der Waals surface area contributed by atoms with E-state index in [0.717, 1.165) is 0 Å². The lowest BCUT2D eigenvalue weighted by Gasteiger charge is -2.30. The van der Waals surface area contributed by atoms with Gasteiger partial charge in [0.1, 0.15) is 36.3 Å². The van der Waals surface area contributed by atoms with Crippen molar-refractivity contribution in [2.75, 3.05) is 26.2 Å². The number of amides is 8. The van der Waals surface area contributed by atoms with Gasteiger partial charge in [-0.05, 0) is 71.1 Å². The Balaban J connectivity index is 3.38. The van der Waals surface area contributed by atoms with Gasteiger partial charge in [0.05, 0.1) is 6.10 Å². The number of aliphatic hydroxyl groups excluding tert-OH is 1. The summed E-state index contributed by atoms with van der Waals surface area (Å²) >= 11 is 0. The molecule has 8 amide bonds. The number of guanidine groups is 1. The van der Waals surface area contributed by atoms with Crippen LogP contribution < -0.4 is 48.7 Å². The van der Waals surface area contributed by atoms with E-state index in [1.807, 2.05) is 6.92 Å². The highest BCUT2D eigenvalue weighted by Crippen LogP contribution is 2.20. The van der Waals surface area contributed by atoms with Crippen molar-refractivity contribution < 1.29 is 43.5 Å². The molecule has 330 valence electrons. The van der Waals surface area contributed by atoms with E-state index in [0.29, 0.717) is 64.6 Å². The van der Waals surface area contributed by atoms with Gasteiger partial charge in [-0.3, -0.25) is 43.3 Å². The summed E-state index contributed by atoms with van der Waals surface area (Å²) in [5.41, 5.74) is 11.0. The maximum absolute atomic E-state index is 14.1. The standard InChI is InChI=1S/C38H69N11O9/c1-8-15-26(46-36(57)31(23(5)50)48-35(56)30(22(4)9-2)44-25(7)52)32(53)45-27(16-11-12-19-42-24(6)51)33(54)47-28(17-13-20-43-38(39)40)37(58)49-21-14-18-29(49)34(55)41-10-3/h22-23,26-31,50H,8-21H2,1-7H3,(H,41,55)(H,42,51)(H,44,52)(H,45,53)(H,46,57)(H,47,54)(H,48,56)(H4,39,40,43)/t22-,23+,26-,27+,28-,29-,30+,31-/m0/s1. The molecule has 0 radical (unpaired) electrons. The number of nitrogens with one attached hydrogen (secondary N) is 7. The second-order valence-electron chi connectivity index (χ2n) is 14.8. The number of nitrogens with zero attached hydrogens (tertiary/aromatic N) is 2. The minimum absolute atomic E-state index is 0.0939. The number of hydrogen-bond acceptors (Lipinski definition) is 10. The molecule has 1 aliphatic heterocycles. The molecule has 1 fully saturated rings. The zero-order valence-corrected chi connectivity index (χ0v) is 35.3. The SMILES string of the molecule is CCC[C@H](NC(=O)[C@@H](NC(=O)[C@H](NC(C)=O)[C@@H](C)CC)[C@@H](C)O)C(=O)N[C@H](CCCCNC(C)=O)C(=O)N[C@@H](CCCN=C(N)N)C(=O)N1CCC[C@H]1C(=O)NCC. The van der Waals surface area contributed by atoms with Gasteiger partial charge in [0.15, 0.2) is 5.96 Å². The quantitative estimate of drug-likeness (QED) is 0.0262. The number of carbonyl (C=O) groups excluding carboxylic acids is 8. The molecule has 1 heterocycles. The Morgan fingerprint density at radius 3 is 1.86 bits per heavy atom. The Kier molecular flexibility index (Phi) is 23.6. The van der Waals surface area contributed by atoms with Gasteiger partial charge in [-0.2, -0.15) is 0 Å². The minimum Gasteiger partial charge on any atom is -0.391 e. The van der Waals surface area contributed by atoms with Gasteiger partial charge in [-0.1, -0.05) is 33.6 Å². The fourth-order valence-corrected chi connectivity index (χ4v) is 6.50. The van der Waals surface area contributed by atoms with Crippen molar-refractivity contribution >= 4 is 53.2 Å². The van der Waals surface area contributed by atoms with Crippen LogP contribution in [-0.2, 0) is 38.4 Å². The maximum atomic E-state index is 14.1. The number of carbonyl (C=O) groups is 8. The molecule has 58 heavy (non-hydrogen) atoms. The first kappa shape index (κ1) is 51.0. The van der Waals surface area contributed by atoms with E-state index in [4.69, 9.17) is 11.5 Å². The van der Waals surface area contributed by atoms with Gasteiger partial charge in [-0.15, -0.1) is 0 Å². The number of likely N-dealkylation sites (N-methyl/N-ethyl adjacent to an activating group) is 1. The Morgan fingerprint density at radius 2 is 1.31 bits per heavy atom. The van der Waals surface area contributed by atoms with E-state index >= 15 is 0 Å². The number of unbranched alkanes of at least 4 members (excludes halogenated alkanes) is 1. The van der Waals surface area contributed by atoms with Crippen LogP contribution in [0.4, 0.5) is 0 Å². The molecule has 0 unspecified atom stereocenters. The summed E-state index contributed by atoms with van der Waals surface area (Å²) < 4.78 is 0. The summed E-state index contributed by atoms with van der Waals surface area (Å²) in [6, 6.07) is -6.70. The van der Waals surface area contributed by atoms with Gasteiger partial charge in [0, 0.05) is 40.0 Å². The lowest BCUT2D eigenvalue weighted by atomic mass is 9.97. The van der Waals surface area contributed by atoms with Crippen LogP contribution in [0.1, 0.15) is 113 Å². The predicted octanol–water partition coefficient (Wildman–Crippen LogP) is -1.86. The van der Waals surface area contributed by atoms with Crippen LogP contribution in [0.15, 0.2) is 4.99 Å². The van der Waals surface area contributed by atoms with Gasteiger partial charge < -0.3 is 58.7 Å². The lowest BCUT2D eigenvalue weighted by Crippen LogP contribution is -2.61. The van der Waals surface area contributed by atoms with Gasteiger partial charge in [-0.25, -0.2) is 0 Å². The van der Waals surface area contributed by atoms with E-state index in [1.54, 1.807) is 20.8 Å². The maximum Gasteiger partial charge on any atom is 0.245 e. The molecule has 0 aromatic carbocycles. The summed E-state index contributed by atoms with van der Waals surface area (Å²) in [7, 11) is 0. The largest absolute Gasteiger partial charge is 0.391 e. The molecule has 20 heteroatoms. The molecule has 0 aliphatic carbocycles. The highest BCUT2D eigenvalue weighted by molar-refractivity contribution is 5.97. The molecule has 1 saturated heterocycles. The van der Waals surface area contributed by atoms with Crippen LogP contribution in [0.5, 0.6) is 0 Å². The van der Waals surface area contributed by atoms with Crippen LogP contribution in [-0.4, -0.2) is 132 Å². The summed E-state index contributed by atoms with van der Waals surface area (Å²) in [5.74, 6) is -4.85. The molecule has 1 aliphatic rings. The van der Waals surface area contributed by atoms with Crippen LogP contribution in [0, 0.1) is 5.92 Å². The van der Waals surface area contributed by atoms with E-state index in [-0.39, 0.29) is 49.5 Å². The average Bonchev–Trinajstić information content (AvgIpc) is 3.65. The Morgan fingerprint density at radius 1 is 0.724 bits per heavy atom. The third-order valence-corrected chi connectivity index (χ3v) is 9.80. The van der Waals surface area contributed by atoms with Crippen molar-refractivity contribution in [2.45, 2.75) is 155 Å². The van der Waals surface area contributed by atoms with Crippen LogP contribution >= 0.6 is 0 Å². The highest BCUT2D eigenvalue weighted by Gasteiger charge is 2.39. The minimum atomic E-state index is -1.49. The molecular weight excluding hydrogens is 754 g/mol. The van der Waals surface area contributed by atoms with Crippen LogP contribution in [0.3, 0.4) is 0 Å². The molecule has 8 atom stereocenters. The third kappa shape index (κ3) is 18.1. The summed E-state index contributed by atoms with van der Waals surface area (Å²) in [6.45, 7) is 12.3. The second-order valence-corrected chi connectivity index (χ2v) is 14.8. The first-order chi connectivity index (χ1) is 27.4. The molecular formula is C38H69N11O9. The number of nitrogens with two attached hydrogens (primary N) is 2. The number of aliphatic hydroxyl groups is 1. The lowest BCUT2D eigenvalue weighted by molar-refractivity contribution is -0.142. The fourth-order valence-electron chi connectivity index (χ4n) is 6.50. The molecule has 0 bridgehead atoms. The van der Waals surface area contributed by atoms with Crippen molar-refractivity contribution in [1.82, 2.24) is 42.1 Å². The number of rotatable bonds is 26. The number of hydrogen-bond donors (Lipinski definition) is 10. The topological polar surface area (TPSA) is 309 Å². The summed E-state index contributed by atoms with van der Waals surface area (Å²) in [4.78, 5) is 110. The molecule has 0 spiro atoms. The van der Waals surface area contributed by atoms with E-state index < -0.39 is 77.8 Å². The number of aliphatic imine (C=N–C) groups is 1. The Labute approximate surface area is 342 Å². The van der Waals surface area contributed by atoms with E-state index in [9.17, 15) is 43.5 Å². The first-order valence-electron chi connectivity index (χ1n) is 20.4. The molecule has 12 N–H and O–H groups in total. The Bertz CT molecular complexity index is 1420. The predicted molar refractivity (Wildman–Crippen MR) is 217 cm³/mol. The second kappa shape index (κ2) is 26.8. The van der Waals surface area contributed by atoms with Gasteiger partial charge >= 0.3 is 0 Å².